The maximum atomic E-state index is 12.1. The Bertz CT molecular complexity index is 428. The number of rotatable bonds is 5. The summed E-state index contributed by atoms with van der Waals surface area (Å²) in [4.78, 5) is 14.6. The minimum atomic E-state index is 0.274. The molecule has 0 spiro atoms. The first-order chi connectivity index (χ1) is 9.58. The Hall–Kier alpha value is -1.15. The molecule has 2 nitrogen and oxygen atoms in total. The average molecular weight is 273 g/mol. The van der Waals surface area contributed by atoms with Crippen molar-refractivity contribution in [1.82, 2.24) is 4.90 Å². The zero-order chi connectivity index (χ0) is 14.5. The Morgan fingerprint density at radius 1 is 1.20 bits per heavy atom. The van der Waals surface area contributed by atoms with Crippen LogP contribution in [0.5, 0.6) is 0 Å². The summed E-state index contributed by atoms with van der Waals surface area (Å²) in [5.74, 6) is 1.82. The van der Waals surface area contributed by atoms with Crippen LogP contribution >= 0.6 is 0 Å². The van der Waals surface area contributed by atoms with E-state index in [0.717, 1.165) is 30.4 Å². The molecule has 1 aliphatic rings. The smallest absolute Gasteiger partial charge is 0.162 e. The Labute approximate surface area is 123 Å². The van der Waals surface area contributed by atoms with E-state index in [0.29, 0.717) is 12.5 Å². The van der Waals surface area contributed by atoms with Gasteiger partial charge in [0.1, 0.15) is 0 Å². The third-order valence-electron chi connectivity index (χ3n) is 4.66. The number of Topliss-reactive ketones (excluding diaryl/α,β-unsaturated/α-hetero) is 1. The van der Waals surface area contributed by atoms with E-state index in [1.165, 1.54) is 13.0 Å². The fourth-order valence-electron chi connectivity index (χ4n) is 3.34. The van der Waals surface area contributed by atoms with E-state index in [1.807, 2.05) is 30.3 Å². The SMILES string of the molecule is CC1CC(C)C(C)N(CCCC(=O)c2ccccc2)C1. The van der Waals surface area contributed by atoms with E-state index in [-0.39, 0.29) is 5.78 Å². The number of carbonyl (C=O) groups is 1. The quantitative estimate of drug-likeness (QED) is 0.755. The summed E-state index contributed by atoms with van der Waals surface area (Å²) >= 11 is 0. The predicted octanol–water partition coefficient (Wildman–Crippen LogP) is 4.02. The van der Waals surface area contributed by atoms with Gasteiger partial charge in [-0.2, -0.15) is 0 Å². The summed E-state index contributed by atoms with van der Waals surface area (Å²) in [7, 11) is 0. The molecule has 2 heteroatoms. The molecule has 0 N–H and O–H groups in total. The van der Waals surface area contributed by atoms with Crippen molar-refractivity contribution in [1.29, 1.82) is 0 Å². The van der Waals surface area contributed by atoms with E-state index in [4.69, 9.17) is 0 Å². The number of carbonyl (C=O) groups excluding carboxylic acids is 1. The maximum Gasteiger partial charge on any atom is 0.162 e. The second-order valence-corrected chi connectivity index (χ2v) is 6.45. The topological polar surface area (TPSA) is 20.3 Å². The Morgan fingerprint density at radius 2 is 1.90 bits per heavy atom. The van der Waals surface area contributed by atoms with Crippen LogP contribution in [0.3, 0.4) is 0 Å². The summed E-state index contributed by atoms with van der Waals surface area (Å²) < 4.78 is 0. The minimum Gasteiger partial charge on any atom is -0.300 e. The molecule has 1 fully saturated rings. The van der Waals surface area contributed by atoms with E-state index in [2.05, 4.69) is 25.7 Å². The molecule has 0 saturated carbocycles. The van der Waals surface area contributed by atoms with Crippen LogP contribution in [0, 0.1) is 11.8 Å². The lowest BCUT2D eigenvalue weighted by Crippen LogP contribution is -2.46. The van der Waals surface area contributed by atoms with Crippen molar-refractivity contribution in [3.63, 3.8) is 0 Å². The number of piperidine rings is 1. The summed E-state index contributed by atoms with van der Waals surface area (Å²) in [5, 5.41) is 0. The second-order valence-electron chi connectivity index (χ2n) is 6.45. The van der Waals surface area contributed by atoms with Crippen molar-refractivity contribution in [3.8, 4) is 0 Å². The lowest BCUT2D eigenvalue weighted by Gasteiger charge is -2.41. The first-order valence-corrected chi connectivity index (χ1v) is 7.90. The van der Waals surface area contributed by atoms with Crippen molar-refractivity contribution in [2.24, 2.45) is 11.8 Å². The summed E-state index contributed by atoms with van der Waals surface area (Å²) in [6, 6.07) is 10.3. The van der Waals surface area contributed by atoms with Crippen LogP contribution < -0.4 is 0 Å². The minimum absolute atomic E-state index is 0.274. The molecule has 0 bridgehead atoms. The van der Waals surface area contributed by atoms with Crippen LogP contribution in [-0.4, -0.2) is 29.8 Å². The number of benzene rings is 1. The van der Waals surface area contributed by atoms with Gasteiger partial charge >= 0.3 is 0 Å². The van der Waals surface area contributed by atoms with Crippen molar-refractivity contribution >= 4 is 5.78 Å². The molecule has 1 saturated heterocycles. The number of hydrogen-bond donors (Lipinski definition) is 0. The van der Waals surface area contributed by atoms with E-state index in [9.17, 15) is 4.79 Å². The Morgan fingerprint density at radius 3 is 2.60 bits per heavy atom. The second kappa shape index (κ2) is 7.03. The molecule has 3 atom stereocenters. The third kappa shape index (κ3) is 3.92. The highest BCUT2D eigenvalue weighted by Gasteiger charge is 2.28. The van der Waals surface area contributed by atoms with Gasteiger partial charge in [-0.1, -0.05) is 44.2 Å². The zero-order valence-electron chi connectivity index (χ0n) is 13.0. The number of hydrogen-bond acceptors (Lipinski definition) is 2. The predicted molar refractivity (Wildman–Crippen MR) is 84.0 cm³/mol. The Balaban J connectivity index is 1.79. The maximum absolute atomic E-state index is 12.1. The molecule has 1 aromatic carbocycles. The van der Waals surface area contributed by atoms with Gasteiger partial charge in [-0.05, 0) is 38.1 Å². The van der Waals surface area contributed by atoms with Gasteiger partial charge in [-0.3, -0.25) is 4.79 Å². The lowest BCUT2D eigenvalue weighted by molar-refractivity contribution is 0.0759. The molecule has 0 aromatic heterocycles. The van der Waals surface area contributed by atoms with Crippen LogP contribution in [0.15, 0.2) is 30.3 Å². The van der Waals surface area contributed by atoms with Gasteiger partial charge in [0.2, 0.25) is 0 Å². The van der Waals surface area contributed by atoms with Gasteiger partial charge < -0.3 is 4.90 Å². The van der Waals surface area contributed by atoms with Crippen LogP contribution in [0.4, 0.5) is 0 Å². The lowest BCUT2D eigenvalue weighted by atomic mass is 9.86. The molecule has 0 radical (unpaired) electrons. The summed E-state index contributed by atoms with van der Waals surface area (Å²) in [5.41, 5.74) is 0.848. The fourth-order valence-corrected chi connectivity index (χ4v) is 3.34. The van der Waals surface area contributed by atoms with Gasteiger partial charge in [-0.15, -0.1) is 0 Å². The molecule has 0 aliphatic carbocycles. The normalized spacial score (nSPS) is 27.4. The van der Waals surface area contributed by atoms with Crippen LogP contribution in [0.1, 0.15) is 50.4 Å². The van der Waals surface area contributed by atoms with E-state index in [1.54, 1.807) is 0 Å². The molecule has 1 heterocycles. The highest BCUT2D eigenvalue weighted by Crippen LogP contribution is 2.27. The molecule has 0 amide bonds. The Kier molecular flexibility index (Phi) is 5.36. The van der Waals surface area contributed by atoms with Crippen molar-refractivity contribution in [3.05, 3.63) is 35.9 Å². The standard InChI is InChI=1S/C18H27NO/c1-14-12-15(2)16(3)19(13-14)11-7-10-18(20)17-8-5-4-6-9-17/h4-6,8-9,14-16H,7,10-13H2,1-3H3. The molecule has 20 heavy (non-hydrogen) atoms. The zero-order valence-corrected chi connectivity index (χ0v) is 13.0. The van der Waals surface area contributed by atoms with Crippen LogP contribution in [-0.2, 0) is 0 Å². The molecular formula is C18H27NO. The summed E-state index contributed by atoms with van der Waals surface area (Å²) in [6.07, 6.45) is 2.97. The molecule has 3 unspecified atom stereocenters. The average Bonchev–Trinajstić information content (AvgIpc) is 2.44. The molecular weight excluding hydrogens is 246 g/mol. The molecule has 2 rings (SSSR count). The van der Waals surface area contributed by atoms with Gasteiger partial charge in [-0.25, -0.2) is 0 Å². The molecule has 1 aromatic rings. The van der Waals surface area contributed by atoms with Gasteiger partial charge in [0.05, 0.1) is 0 Å². The van der Waals surface area contributed by atoms with Crippen LogP contribution in [0.2, 0.25) is 0 Å². The number of likely N-dealkylation sites (tertiary alicyclic amines) is 1. The highest BCUT2D eigenvalue weighted by molar-refractivity contribution is 5.95. The highest BCUT2D eigenvalue weighted by atomic mass is 16.1. The van der Waals surface area contributed by atoms with Gasteiger partial charge in [0.25, 0.3) is 0 Å². The largest absolute Gasteiger partial charge is 0.300 e. The first-order valence-electron chi connectivity index (χ1n) is 7.90. The van der Waals surface area contributed by atoms with Crippen molar-refractivity contribution in [2.75, 3.05) is 13.1 Å². The monoisotopic (exact) mass is 273 g/mol. The van der Waals surface area contributed by atoms with Gasteiger partial charge in [0.15, 0.2) is 5.78 Å². The molecule has 110 valence electrons. The van der Waals surface area contributed by atoms with E-state index >= 15 is 0 Å². The molecule has 1 aliphatic heterocycles. The summed E-state index contributed by atoms with van der Waals surface area (Å²) in [6.45, 7) is 9.25. The fraction of sp³-hybridized carbons (Fsp3) is 0.611. The van der Waals surface area contributed by atoms with Crippen molar-refractivity contribution in [2.45, 2.75) is 46.1 Å². The first kappa shape index (κ1) is 15.2. The van der Waals surface area contributed by atoms with E-state index < -0.39 is 0 Å². The van der Waals surface area contributed by atoms with Crippen molar-refractivity contribution < 1.29 is 4.79 Å². The number of ketones is 1. The van der Waals surface area contributed by atoms with Gasteiger partial charge in [0, 0.05) is 24.6 Å². The number of nitrogens with zero attached hydrogens (tertiary/aromatic N) is 1. The third-order valence-corrected chi connectivity index (χ3v) is 4.66. The van der Waals surface area contributed by atoms with Crippen LogP contribution in [0.25, 0.3) is 0 Å².